The minimum Gasteiger partial charge on any atom is -0.454 e. The number of nitrogens with zero attached hydrogens (tertiary/aromatic N) is 2. The van der Waals surface area contributed by atoms with Gasteiger partial charge in [0.25, 0.3) is 0 Å². The van der Waals surface area contributed by atoms with E-state index >= 15 is 0 Å². The Balaban J connectivity index is 1.36. The largest absolute Gasteiger partial charge is 0.454 e. The summed E-state index contributed by atoms with van der Waals surface area (Å²) in [6, 6.07) is 12.0. The zero-order valence-electron chi connectivity index (χ0n) is 15.1. The molecule has 1 N–H and O–H groups in total. The lowest BCUT2D eigenvalue weighted by Gasteiger charge is -2.36. The normalized spacial score (nSPS) is 15.9. The van der Waals surface area contributed by atoms with Crippen LogP contribution in [0.2, 0.25) is 0 Å². The van der Waals surface area contributed by atoms with E-state index in [9.17, 15) is 4.79 Å². The summed E-state index contributed by atoms with van der Waals surface area (Å²) >= 11 is 0. The topological polar surface area (TPSA) is 54.0 Å². The van der Waals surface area contributed by atoms with Crippen LogP contribution in [-0.4, -0.2) is 43.9 Å². The van der Waals surface area contributed by atoms with Gasteiger partial charge in [0.05, 0.1) is 0 Å². The molecule has 0 bridgehead atoms. The Bertz CT molecular complexity index is 809. The van der Waals surface area contributed by atoms with Gasteiger partial charge in [0.2, 0.25) is 6.79 Å². The Hall–Kier alpha value is -2.89. The average molecular weight is 353 g/mol. The van der Waals surface area contributed by atoms with E-state index in [1.807, 2.05) is 49.1 Å². The van der Waals surface area contributed by atoms with E-state index in [1.165, 1.54) is 0 Å². The number of benzene rings is 2. The van der Waals surface area contributed by atoms with Crippen LogP contribution in [0.4, 0.5) is 16.2 Å². The Kier molecular flexibility index (Phi) is 4.32. The molecule has 1 fully saturated rings. The fraction of sp³-hybridized carbons (Fsp3) is 0.350. The highest BCUT2D eigenvalue weighted by Crippen LogP contribution is 2.35. The van der Waals surface area contributed by atoms with Crippen molar-refractivity contribution in [3.63, 3.8) is 0 Å². The van der Waals surface area contributed by atoms with Gasteiger partial charge >= 0.3 is 6.03 Å². The number of aryl methyl sites for hydroxylation is 2. The molecule has 0 aliphatic carbocycles. The van der Waals surface area contributed by atoms with Gasteiger partial charge in [-0.1, -0.05) is 6.07 Å². The molecule has 6 nitrogen and oxygen atoms in total. The number of carbonyl (C=O) groups is 1. The zero-order valence-corrected chi connectivity index (χ0v) is 15.1. The molecule has 0 atom stereocenters. The fourth-order valence-electron chi connectivity index (χ4n) is 3.50. The smallest absolute Gasteiger partial charge is 0.321 e. The van der Waals surface area contributed by atoms with Gasteiger partial charge in [-0.15, -0.1) is 0 Å². The van der Waals surface area contributed by atoms with Crippen LogP contribution in [0.3, 0.4) is 0 Å². The quantitative estimate of drug-likeness (QED) is 0.899. The van der Waals surface area contributed by atoms with E-state index in [4.69, 9.17) is 9.47 Å². The highest BCUT2D eigenvalue weighted by molar-refractivity contribution is 5.89. The third kappa shape index (κ3) is 3.40. The molecular formula is C20H23N3O3. The number of piperazine rings is 1. The summed E-state index contributed by atoms with van der Waals surface area (Å²) in [5, 5.41) is 3.01. The minimum absolute atomic E-state index is 0.0414. The molecule has 26 heavy (non-hydrogen) atoms. The number of amides is 2. The Labute approximate surface area is 153 Å². The second-order valence-electron chi connectivity index (χ2n) is 6.82. The maximum Gasteiger partial charge on any atom is 0.321 e. The molecule has 0 aromatic heterocycles. The monoisotopic (exact) mass is 353 g/mol. The van der Waals surface area contributed by atoms with Gasteiger partial charge < -0.3 is 24.6 Å². The Morgan fingerprint density at radius 1 is 0.923 bits per heavy atom. The van der Waals surface area contributed by atoms with Crippen LogP contribution in [0.15, 0.2) is 36.4 Å². The maximum atomic E-state index is 12.5. The summed E-state index contributed by atoms with van der Waals surface area (Å²) in [4.78, 5) is 16.7. The van der Waals surface area contributed by atoms with Crippen molar-refractivity contribution in [3.05, 3.63) is 47.5 Å². The summed E-state index contributed by atoms with van der Waals surface area (Å²) < 4.78 is 10.8. The predicted octanol–water partition coefficient (Wildman–Crippen LogP) is 3.39. The molecule has 2 aliphatic heterocycles. The molecule has 2 heterocycles. The molecule has 0 saturated carbocycles. The zero-order chi connectivity index (χ0) is 18.1. The fourth-order valence-corrected chi connectivity index (χ4v) is 3.50. The summed E-state index contributed by atoms with van der Waals surface area (Å²) in [7, 11) is 0. The second kappa shape index (κ2) is 6.78. The first kappa shape index (κ1) is 16.6. The van der Waals surface area contributed by atoms with Crippen molar-refractivity contribution in [1.82, 2.24) is 4.90 Å². The number of hydrogen-bond donors (Lipinski definition) is 1. The van der Waals surface area contributed by atoms with Crippen molar-refractivity contribution in [2.24, 2.45) is 0 Å². The van der Waals surface area contributed by atoms with Gasteiger partial charge in [-0.3, -0.25) is 0 Å². The highest BCUT2D eigenvalue weighted by Gasteiger charge is 2.23. The van der Waals surface area contributed by atoms with Crippen molar-refractivity contribution >= 4 is 17.4 Å². The number of hydrogen-bond acceptors (Lipinski definition) is 4. The van der Waals surface area contributed by atoms with E-state index in [-0.39, 0.29) is 12.8 Å². The van der Waals surface area contributed by atoms with E-state index in [0.29, 0.717) is 13.1 Å². The van der Waals surface area contributed by atoms with Crippen LogP contribution in [0.1, 0.15) is 11.1 Å². The summed E-state index contributed by atoms with van der Waals surface area (Å²) in [6.07, 6.45) is 0. The van der Waals surface area contributed by atoms with E-state index in [2.05, 4.69) is 16.3 Å². The first-order valence-electron chi connectivity index (χ1n) is 8.87. The standard InChI is InChI=1S/C20H23N3O3/c1-14-9-15(2)11-16(10-14)21-20(24)23-7-5-22(6-8-23)17-3-4-18-19(12-17)26-13-25-18/h3-4,9-12H,5-8,13H2,1-2H3,(H,21,24). The van der Waals surface area contributed by atoms with Gasteiger partial charge in [-0.2, -0.15) is 0 Å². The summed E-state index contributed by atoms with van der Waals surface area (Å²) in [5.74, 6) is 1.58. The van der Waals surface area contributed by atoms with E-state index < -0.39 is 0 Å². The Morgan fingerprint density at radius 2 is 1.62 bits per heavy atom. The molecule has 0 unspecified atom stereocenters. The van der Waals surface area contributed by atoms with Crippen molar-refractivity contribution in [2.45, 2.75) is 13.8 Å². The molecule has 1 saturated heterocycles. The molecule has 136 valence electrons. The molecule has 2 aliphatic rings. The molecule has 2 aromatic rings. The number of rotatable bonds is 2. The van der Waals surface area contributed by atoms with E-state index in [1.54, 1.807) is 0 Å². The summed E-state index contributed by atoms with van der Waals surface area (Å²) in [6.45, 7) is 7.31. The maximum absolute atomic E-state index is 12.5. The molecule has 4 rings (SSSR count). The number of carbonyl (C=O) groups excluding carboxylic acids is 1. The lowest BCUT2D eigenvalue weighted by atomic mass is 10.1. The number of anilines is 2. The lowest BCUT2D eigenvalue weighted by Crippen LogP contribution is -2.50. The third-order valence-electron chi connectivity index (χ3n) is 4.76. The highest BCUT2D eigenvalue weighted by atomic mass is 16.7. The van der Waals surface area contributed by atoms with Crippen molar-refractivity contribution in [3.8, 4) is 11.5 Å². The molecule has 2 amide bonds. The molecule has 2 aromatic carbocycles. The molecular weight excluding hydrogens is 330 g/mol. The van der Waals surface area contributed by atoms with Gasteiger partial charge in [0, 0.05) is 43.6 Å². The lowest BCUT2D eigenvalue weighted by molar-refractivity contribution is 0.174. The van der Waals surface area contributed by atoms with Gasteiger partial charge in [0.1, 0.15) is 0 Å². The summed E-state index contributed by atoms with van der Waals surface area (Å²) in [5.41, 5.74) is 4.25. The van der Waals surface area contributed by atoms with Gasteiger partial charge in [-0.25, -0.2) is 4.79 Å². The van der Waals surface area contributed by atoms with Crippen LogP contribution >= 0.6 is 0 Å². The number of nitrogens with one attached hydrogen (secondary N) is 1. The van der Waals surface area contributed by atoms with E-state index in [0.717, 1.165) is 47.1 Å². The number of urea groups is 1. The first-order chi connectivity index (χ1) is 12.6. The average Bonchev–Trinajstić information content (AvgIpc) is 3.08. The van der Waals surface area contributed by atoms with Crippen LogP contribution < -0.4 is 19.7 Å². The minimum atomic E-state index is -0.0414. The molecule has 0 spiro atoms. The van der Waals surface area contributed by atoms with Crippen molar-refractivity contribution in [2.75, 3.05) is 43.2 Å². The van der Waals surface area contributed by atoms with Crippen molar-refractivity contribution in [1.29, 1.82) is 0 Å². The number of fused-ring (bicyclic) bond motifs is 1. The SMILES string of the molecule is Cc1cc(C)cc(NC(=O)N2CCN(c3ccc4c(c3)OCO4)CC2)c1. The van der Waals surface area contributed by atoms with Crippen molar-refractivity contribution < 1.29 is 14.3 Å². The van der Waals surface area contributed by atoms with Gasteiger partial charge in [-0.05, 0) is 49.2 Å². The number of ether oxygens (including phenoxy) is 2. The molecule has 0 radical (unpaired) electrons. The second-order valence-corrected chi connectivity index (χ2v) is 6.82. The van der Waals surface area contributed by atoms with Crippen LogP contribution in [0, 0.1) is 13.8 Å². The van der Waals surface area contributed by atoms with Crippen LogP contribution in [0.25, 0.3) is 0 Å². The van der Waals surface area contributed by atoms with Crippen LogP contribution in [-0.2, 0) is 0 Å². The molecule has 6 heteroatoms. The third-order valence-corrected chi connectivity index (χ3v) is 4.76. The van der Waals surface area contributed by atoms with Crippen LogP contribution in [0.5, 0.6) is 11.5 Å². The van der Waals surface area contributed by atoms with Gasteiger partial charge in [0.15, 0.2) is 11.5 Å². The Morgan fingerprint density at radius 3 is 2.35 bits per heavy atom. The predicted molar refractivity (Wildman–Crippen MR) is 101 cm³/mol. The first-order valence-corrected chi connectivity index (χ1v) is 8.87.